The van der Waals surface area contributed by atoms with Crippen LogP contribution in [0.5, 0.6) is 0 Å². The molecule has 0 saturated carbocycles. The lowest BCUT2D eigenvalue weighted by molar-refractivity contribution is -0.219. The second kappa shape index (κ2) is 5.74. The Hall–Kier alpha value is 0.260. The minimum absolute atomic E-state index is 0.348. The third-order valence-electron chi connectivity index (χ3n) is 1.68. The van der Waals surface area contributed by atoms with Crippen molar-refractivity contribution in [1.82, 2.24) is 0 Å². The van der Waals surface area contributed by atoms with Crippen molar-refractivity contribution < 1.29 is 31.1 Å². The van der Waals surface area contributed by atoms with Crippen LogP contribution in [0.1, 0.15) is 12.8 Å². The molecule has 16 heavy (non-hydrogen) atoms. The summed E-state index contributed by atoms with van der Waals surface area (Å²) in [5.74, 6) is -0.875. The highest BCUT2D eigenvalue weighted by molar-refractivity contribution is 7.16. The summed E-state index contributed by atoms with van der Waals surface area (Å²) in [5.41, 5.74) is -2.44. The molecule has 0 radical (unpaired) electrons. The number of rotatable bonds is 5. The molecule has 98 valence electrons. The highest BCUT2D eigenvalue weighted by Crippen LogP contribution is 2.39. The number of hydrogen-bond donors (Lipinski definition) is 0. The molecule has 0 spiro atoms. The average molecular weight is 291 g/mol. The fraction of sp³-hybridized carbons (Fsp3) is 1.00. The van der Waals surface area contributed by atoms with Crippen LogP contribution in [0.25, 0.3) is 0 Å². The molecule has 1 unspecified atom stereocenters. The maximum absolute atomic E-state index is 12.1. The number of ether oxygens (including phenoxy) is 1. The molecule has 0 aliphatic carbocycles. The van der Waals surface area contributed by atoms with E-state index in [2.05, 4.69) is 4.74 Å². The predicted octanol–water partition coefficient (Wildman–Crippen LogP) is 3.72. The molecule has 9 heteroatoms. The van der Waals surface area contributed by atoms with E-state index in [0.29, 0.717) is 0 Å². The molecule has 0 aromatic rings. The van der Waals surface area contributed by atoms with E-state index in [9.17, 15) is 26.3 Å². The van der Waals surface area contributed by atoms with Crippen LogP contribution in [-0.4, -0.2) is 30.2 Å². The second-order valence-electron chi connectivity index (χ2n) is 3.21. The van der Waals surface area contributed by atoms with E-state index in [0.717, 1.165) is 0 Å². The van der Waals surface area contributed by atoms with E-state index < -0.39 is 36.7 Å². The van der Waals surface area contributed by atoms with Crippen molar-refractivity contribution in [2.24, 2.45) is 0 Å². The Balaban J connectivity index is 4.85. The van der Waals surface area contributed by atoms with E-state index in [1.54, 1.807) is 0 Å². The normalized spacial score (nSPS) is 14.2. The summed E-state index contributed by atoms with van der Waals surface area (Å²) in [6.07, 6.45) is -13.3. The zero-order chi connectivity index (χ0) is 13.0. The summed E-state index contributed by atoms with van der Waals surface area (Å²) in [4.78, 5) is 0. The highest BCUT2D eigenvalue weighted by Gasteiger charge is 2.49. The Bertz CT molecular complexity index is 200. The summed E-state index contributed by atoms with van der Waals surface area (Å²) in [6.45, 7) is 0. The van der Waals surface area contributed by atoms with Crippen LogP contribution >= 0.6 is 20.8 Å². The first-order valence-corrected chi connectivity index (χ1v) is 5.42. The first-order chi connectivity index (χ1) is 7.04. The Kier molecular flexibility index (Phi) is 5.83. The minimum Gasteiger partial charge on any atom is -0.369 e. The maximum atomic E-state index is 12.1. The smallest absolute Gasteiger partial charge is 0.369 e. The van der Waals surface area contributed by atoms with Crippen molar-refractivity contribution in [2.75, 3.05) is 12.2 Å². The molecule has 0 bridgehead atoms. The van der Waals surface area contributed by atoms with Gasteiger partial charge in [-0.05, 0) is 0 Å². The summed E-state index contributed by atoms with van der Waals surface area (Å²) < 4.78 is 77.3. The fourth-order valence-electron chi connectivity index (χ4n) is 1.21. The Morgan fingerprint density at radius 1 is 0.938 bits per heavy atom. The SMILES string of the molecule is FC(F)(F)CC(CCl)(CC(F)(F)F)OCP. The van der Waals surface area contributed by atoms with Gasteiger partial charge in [0.25, 0.3) is 0 Å². The van der Waals surface area contributed by atoms with Gasteiger partial charge in [0.15, 0.2) is 0 Å². The number of halogens is 7. The molecule has 0 aliphatic heterocycles. The third-order valence-corrected chi connectivity index (χ3v) is 2.33. The number of alkyl halides is 7. The molecule has 1 atom stereocenters. The van der Waals surface area contributed by atoms with Crippen LogP contribution in [-0.2, 0) is 4.74 Å². The molecule has 0 fully saturated rings. The zero-order valence-electron chi connectivity index (χ0n) is 7.96. The fourth-order valence-corrected chi connectivity index (χ4v) is 1.82. The van der Waals surface area contributed by atoms with Crippen LogP contribution in [0.15, 0.2) is 0 Å². The van der Waals surface area contributed by atoms with Crippen molar-refractivity contribution in [3.8, 4) is 0 Å². The second-order valence-corrected chi connectivity index (χ2v) is 3.81. The first-order valence-electron chi connectivity index (χ1n) is 4.07. The van der Waals surface area contributed by atoms with Gasteiger partial charge in [0.2, 0.25) is 0 Å². The average Bonchev–Trinajstić information content (AvgIpc) is 1.98. The Labute approximate surface area is 95.7 Å². The Morgan fingerprint density at radius 2 is 1.31 bits per heavy atom. The van der Waals surface area contributed by atoms with E-state index in [4.69, 9.17) is 11.6 Å². The summed E-state index contributed by atoms with van der Waals surface area (Å²) in [5, 5.41) is 0. The van der Waals surface area contributed by atoms with Gasteiger partial charge in [-0.15, -0.1) is 20.8 Å². The lowest BCUT2D eigenvalue weighted by Gasteiger charge is -2.33. The highest BCUT2D eigenvalue weighted by atomic mass is 35.5. The Morgan fingerprint density at radius 3 is 1.50 bits per heavy atom. The molecule has 0 aromatic carbocycles. The van der Waals surface area contributed by atoms with Crippen LogP contribution < -0.4 is 0 Å². The monoisotopic (exact) mass is 290 g/mol. The largest absolute Gasteiger partial charge is 0.391 e. The van der Waals surface area contributed by atoms with Crippen molar-refractivity contribution in [2.45, 2.75) is 30.8 Å². The van der Waals surface area contributed by atoms with Gasteiger partial charge in [-0.1, -0.05) is 0 Å². The van der Waals surface area contributed by atoms with E-state index in [1.807, 2.05) is 9.24 Å². The molecule has 0 amide bonds. The van der Waals surface area contributed by atoms with Crippen LogP contribution in [0.2, 0.25) is 0 Å². The van der Waals surface area contributed by atoms with Gasteiger partial charge in [0, 0.05) is 0 Å². The molecule has 0 aliphatic rings. The van der Waals surface area contributed by atoms with Crippen molar-refractivity contribution in [3.05, 3.63) is 0 Å². The van der Waals surface area contributed by atoms with Crippen LogP contribution in [0.4, 0.5) is 26.3 Å². The van der Waals surface area contributed by atoms with Crippen molar-refractivity contribution in [3.63, 3.8) is 0 Å². The topological polar surface area (TPSA) is 9.23 Å². The molecule has 0 aromatic heterocycles. The number of hydrogen-bond acceptors (Lipinski definition) is 1. The molecule has 0 rings (SSSR count). The van der Waals surface area contributed by atoms with Crippen LogP contribution in [0, 0.1) is 0 Å². The van der Waals surface area contributed by atoms with Crippen molar-refractivity contribution >= 4 is 20.8 Å². The molecular formula is C7H10ClF6OP. The van der Waals surface area contributed by atoms with Gasteiger partial charge >= 0.3 is 12.4 Å². The van der Waals surface area contributed by atoms with Gasteiger partial charge in [-0.3, -0.25) is 0 Å². The van der Waals surface area contributed by atoms with Gasteiger partial charge < -0.3 is 4.74 Å². The summed E-state index contributed by atoms with van der Waals surface area (Å²) in [7, 11) is 1.90. The van der Waals surface area contributed by atoms with E-state index >= 15 is 0 Å². The lowest BCUT2D eigenvalue weighted by atomic mass is 9.97. The van der Waals surface area contributed by atoms with Gasteiger partial charge in [0.05, 0.1) is 30.7 Å². The lowest BCUT2D eigenvalue weighted by Crippen LogP contribution is -2.43. The quantitative estimate of drug-likeness (QED) is 0.426. The molecule has 0 heterocycles. The molecule has 0 saturated heterocycles. The first kappa shape index (κ1) is 16.3. The third kappa shape index (κ3) is 6.76. The van der Waals surface area contributed by atoms with Crippen LogP contribution in [0.3, 0.4) is 0 Å². The van der Waals surface area contributed by atoms with Gasteiger partial charge in [-0.2, -0.15) is 26.3 Å². The predicted molar refractivity (Wildman–Crippen MR) is 50.5 cm³/mol. The van der Waals surface area contributed by atoms with E-state index in [1.165, 1.54) is 0 Å². The molecule has 1 nitrogen and oxygen atoms in total. The maximum Gasteiger partial charge on any atom is 0.391 e. The minimum atomic E-state index is -4.76. The zero-order valence-corrected chi connectivity index (χ0v) is 9.87. The standard InChI is InChI=1S/C7H10ClF6OP/c8-3-5(15-4-16,1-6(9,10)11)2-7(12,13)14/h1-4,16H2. The molecule has 0 N–H and O–H groups in total. The van der Waals surface area contributed by atoms with Gasteiger partial charge in [-0.25, -0.2) is 0 Å². The van der Waals surface area contributed by atoms with Crippen molar-refractivity contribution in [1.29, 1.82) is 0 Å². The summed E-state index contributed by atoms with van der Waals surface area (Å²) in [6, 6.07) is 0. The molecular weight excluding hydrogens is 280 g/mol. The van der Waals surface area contributed by atoms with Gasteiger partial charge in [0.1, 0.15) is 0 Å². The summed E-state index contributed by atoms with van der Waals surface area (Å²) >= 11 is 5.18. The van der Waals surface area contributed by atoms with E-state index in [-0.39, 0.29) is 6.35 Å².